The molecule has 0 radical (unpaired) electrons. The third-order valence-electron chi connectivity index (χ3n) is 2.35. The van der Waals surface area contributed by atoms with Gasteiger partial charge in [-0.3, -0.25) is 4.79 Å². The van der Waals surface area contributed by atoms with Gasteiger partial charge in [0.2, 0.25) is 0 Å². The fourth-order valence-corrected chi connectivity index (χ4v) is 1.49. The first-order valence-electron chi connectivity index (χ1n) is 5.17. The van der Waals surface area contributed by atoms with Crippen LogP contribution >= 0.6 is 0 Å². The normalized spacial score (nSPS) is 9.56. The van der Waals surface area contributed by atoms with Crippen LogP contribution in [0, 0.1) is 17.1 Å². The van der Waals surface area contributed by atoms with Crippen LogP contribution in [0.1, 0.15) is 15.9 Å². The highest BCUT2D eigenvalue weighted by molar-refractivity contribution is 5.79. The Kier molecular flexibility index (Phi) is 3.35. The lowest BCUT2D eigenvalue weighted by Crippen LogP contribution is -1.94. The first kappa shape index (κ1) is 11.8. The Bertz CT molecular complexity index is 632. The highest BCUT2D eigenvalue weighted by Gasteiger charge is 2.11. The van der Waals surface area contributed by atoms with Gasteiger partial charge in [-0.15, -0.1) is 0 Å². The van der Waals surface area contributed by atoms with Crippen molar-refractivity contribution in [3.05, 3.63) is 59.4 Å². The highest BCUT2D eigenvalue weighted by atomic mass is 19.1. The lowest BCUT2D eigenvalue weighted by molar-refractivity contribution is 0.112. The number of hydrogen-bond acceptors (Lipinski definition) is 3. The predicted octanol–water partition coefficient (Wildman–Crippen LogP) is 3.30. The monoisotopic (exact) mass is 241 g/mol. The fourth-order valence-electron chi connectivity index (χ4n) is 1.49. The maximum Gasteiger partial charge on any atom is 0.153 e. The second kappa shape index (κ2) is 5.11. The zero-order valence-corrected chi connectivity index (χ0v) is 9.26. The molecule has 0 N–H and O–H groups in total. The van der Waals surface area contributed by atoms with E-state index in [1.807, 2.05) is 0 Å². The summed E-state index contributed by atoms with van der Waals surface area (Å²) in [6.45, 7) is 0. The summed E-state index contributed by atoms with van der Waals surface area (Å²) in [7, 11) is 0. The number of nitrogens with zero attached hydrogens (tertiary/aromatic N) is 1. The number of aldehydes is 1. The van der Waals surface area contributed by atoms with Crippen LogP contribution in [0.2, 0.25) is 0 Å². The molecule has 0 spiro atoms. The van der Waals surface area contributed by atoms with Crippen molar-refractivity contribution in [2.75, 3.05) is 0 Å². The van der Waals surface area contributed by atoms with E-state index in [0.29, 0.717) is 11.8 Å². The van der Waals surface area contributed by atoms with E-state index in [9.17, 15) is 9.18 Å². The van der Waals surface area contributed by atoms with Crippen LogP contribution in [-0.2, 0) is 0 Å². The molecule has 0 aliphatic heterocycles. The third kappa shape index (κ3) is 2.20. The van der Waals surface area contributed by atoms with E-state index in [1.54, 1.807) is 30.3 Å². The zero-order valence-electron chi connectivity index (χ0n) is 9.26. The molecule has 0 bridgehead atoms. The first-order valence-corrected chi connectivity index (χ1v) is 5.17. The van der Waals surface area contributed by atoms with Gasteiger partial charge in [0, 0.05) is 0 Å². The first-order chi connectivity index (χ1) is 8.76. The number of hydrogen-bond donors (Lipinski definition) is 0. The Balaban J connectivity index is 2.44. The van der Waals surface area contributed by atoms with E-state index in [1.165, 1.54) is 18.2 Å². The van der Waals surface area contributed by atoms with Crippen LogP contribution in [0.5, 0.6) is 11.5 Å². The SMILES string of the molecule is N#Cc1c(F)cccc1Oc1ccccc1C=O. The van der Waals surface area contributed by atoms with Gasteiger partial charge in [0.1, 0.15) is 28.9 Å². The molecule has 0 unspecified atom stereocenters. The number of ether oxygens (including phenoxy) is 1. The molecule has 0 saturated heterocycles. The number of benzene rings is 2. The van der Waals surface area contributed by atoms with Crippen molar-refractivity contribution in [2.24, 2.45) is 0 Å². The van der Waals surface area contributed by atoms with E-state index in [0.717, 1.165) is 0 Å². The summed E-state index contributed by atoms with van der Waals surface area (Å²) in [4.78, 5) is 10.8. The van der Waals surface area contributed by atoms with Crippen LogP contribution in [-0.4, -0.2) is 6.29 Å². The smallest absolute Gasteiger partial charge is 0.153 e. The number of carbonyl (C=O) groups excluding carboxylic acids is 1. The Morgan fingerprint density at radius 2 is 1.83 bits per heavy atom. The lowest BCUT2D eigenvalue weighted by atomic mass is 10.2. The molecule has 0 fully saturated rings. The minimum absolute atomic E-state index is 0.0896. The predicted molar refractivity (Wildman–Crippen MR) is 63.0 cm³/mol. The van der Waals surface area contributed by atoms with Crippen molar-refractivity contribution >= 4 is 6.29 Å². The number of para-hydroxylation sites is 1. The summed E-state index contributed by atoms with van der Waals surface area (Å²) in [5, 5.41) is 8.86. The Labute approximate surface area is 103 Å². The summed E-state index contributed by atoms with van der Waals surface area (Å²) < 4.78 is 18.8. The summed E-state index contributed by atoms with van der Waals surface area (Å²) in [6.07, 6.45) is 0.640. The Morgan fingerprint density at radius 1 is 1.11 bits per heavy atom. The van der Waals surface area contributed by atoms with Crippen molar-refractivity contribution < 1.29 is 13.9 Å². The van der Waals surface area contributed by atoms with E-state index in [2.05, 4.69) is 0 Å². The topological polar surface area (TPSA) is 50.1 Å². The summed E-state index contributed by atoms with van der Waals surface area (Å²) in [5.41, 5.74) is 0.156. The molecule has 4 heteroatoms. The second-order valence-electron chi connectivity index (χ2n) is 3.48. The van der Waals surface area contributed by atoms with Gasteiger partial charge >= 0.3 is 0 Å². The van der Waals surface area contributed by atoms with Gasteiger partial charge in [-0.25, -0.2) is 4.39 Å². The molecule has 18 heavy (non-hydrogen) atoms. The average molecular weight is 241 g/mol. The maximum atomic E-state index is 13.4. The van der Waals surface area contributed by atoms with E-state index in [-0.39, 0.29) is 17.1 Å². The molecule has 0 atom stereocenters. The molecule has 88 valence electrons. The van der Waals surface area contributed by atoms with E-state index in [4.69, 9.17) is 10.00 Å². The van der Waals surface area contributed by atoms with E-state index >= 15 is 0 Å². The summed E-state index contributed by atoms with van der Waals surface area (Å²) in [6, 6.07) is 12.4. The van der Waals surface area contributed by atoms with Crippen molar-refractivity contribution in [3.63, 3.8) is 0 Å². The van der Waals surface area contributed by atoms with E-state index < -0.39 is 5.82 Å². The molecule has 2 aromatic rings. The van der Waals surface area contributed by atoms with Crippen LogP contribution in [0.25, 0.3) is 0 Å². The number of rotatable bonds is 3. The molecule has 0 aromatic heterocycles. The quantitative estimate of drug-likeness (QED) is 0.774. The molecule has 0 heterocycles. The molecule has 2 rings (SSSR count). The minimum atomic E-state index is -0.654. The molecular formula is C14H8FNO2. The molecule has 0 aliphatic rings. The van der Waals surface area contributed by atoms with Crippen LogP contribution < -0.4 is 4.74 Å². The standard InChI is InChI=1S/C14H8FNO2/c15-12-5-3-7-14(11(12)8-16)18-13-6-2-1-4-10(13)9-17/h1-7,9H. The van der Waals surface area contributed by atoms with Gasteiger partial charge in [0.05, 0.1) is 5.56 Å². The highest BCUT2D eigenvalue weighted by Crippen LogP contribution is 2.28. The van der Waals surface area contributed by atoms with Gasteiger partial charge in [-0.1, -0.05) is 18.2 Å². The lowest BCUT2D eigenvalue weighted by Gasteiger charge is -2.09. The average Bonchev–Trinajstić information content (AvgIpc) is 2.40. The molecule has 0 amide bonds. The fraction of sp³-hybridized carbons (Fsp3) is 0. The maximum absolute atomic E-state index is 13.4. The number of halogens is 1. The van der Waals surface area contributed by atoms with Crippen LogP contribution in [0.15, 0.2) is 42.5 Å². The zero-order chi connectivity index (χ0) is 13.0. The van der Waals surface area contributed by atoms with Crippen LogP contribution in [0.4, 0.5) is 4.39 Å². The van der Waals surface area contributed by atoms with Crippen LogP contribution in [0.3, 0.4) is 0 Å². The Hall–Kier alpha value is -2.67. The van der Waals surface area contributed by atoms with Gasteiger partial charge in [-0.05, 0) is 24.3 Å². The molecule has 3 nitrogen and oxygen atoms in total. The Morgan fingerprint density at radius 3 is 2.56 bits per heavy atom. The molecule has 2 aromatic carbocycles. The summed E-state index contributed by atoms with van der Waals surface area (Å²) in [5.74, 6) is -0.278. The van der Waals surface area contributed by atoms with Crippen molar-refractivity contribution in [1.82, 2.24) is 0 Å². The van der Waals surface area contributed by atoms with Crippen molar-refractivity contribution in [2.45, 2.75) is 0 Å². The second-order valence-corrected chi connectivity index (χ2v) is 3.48. The largest absolute Gasteiger partial charge is 0.455 e. The third-order valence-corrected chi connectivity index (χ3v) is 2.35. The number of carbonyl (C=O) groups is 1. The van der Waals surface area contributed by atoms with Gasteiger partial charge in [0.25, 0.3) is 0 Å². The van der Waals surface area contributed by atoms with Gasteiger partial charge in [-0.2, -0.15) is 5.26 Å². The summed E-state index contributed by atoms with van der Waals surface area (Å²) >= 11 is 0. The molecule has 0 saturated carbocycles. The van der Waals surface area contributed by atoms with Gasteiger partial charge < -0.3 is 4.74 Å². The van der Waals surface area contributed by atoms with Crippen molar-refractivity contribution in [1.29, 1.82) is 5.26 Å². The molecular weight excluding hydrogens is 233 g/mol. The van der Waals surface area contributed by atoms with Gasteiger partial charge in [0.15, 0.2) is 6.29 Å². The number of nitriles is 1. The minimum Gasteiger partial charge on any atom is -0.455 e. The molecule has 0 aliphatic carbocycles. The van der Waals surface area contributed by atoms with Crippen molar-refractivity contribution in [3.8, 4) is 17.6 Å².